The Balaban J connectivity index is 2.13. The lowest BCUT2D eigenvalue weighted by Gasteiger charge is -1.90. The van der Waals surface area contributed by atoms with Crippen LogP contribution >= 0.6 is 0 Å². The Bertz CT molecular complexity index is 816. The van der Waals surface area contributed by atoms with E-state index in [4.69, 9.17) is 4.42 Å². The van der Waals surface area contributed by atoms with Gasteiger partial charge in [-0.1, -0.05) is 0 Å². The van der Waals surface area contributed by atoms with Crippen LogP contribution in [0.4, 0.5) is 5.69 Å². The molecule has 0 aliphatic rings. The van der Waals surface area contributed by atoms with Gasteiger partial charge >= 0.3 is 0 Å². The second-order valence-electron chi connectivity index (χ2n) is 3.73. The van der Waals surface area contributed by atoms with Crippen molar-refractivity contribution < 1.29 is 9.34 Å². The number of nitrogens with one attached hydrogen (secondary N) is 1. The third-order valence-electron chi connectivity index (χ3n) is 2.48. The molecule has 3 rings (SSSR count). The molecular weight excluding hydrogens is 252 g/mol. The summed E-state index contributed by atoms with van der Waals surface area (Å²) < 4.78 is 5.41. The largest absolute Gasteiger partial charge is 0.435 e. The standard InChI is InChI=1S/C11H6N4O4/c16-10-4-2-7(13-14-10)11-12-8-5-6(15(17)18)1-3-9(8)19-11/h1-5H,(H,14,16). The van der Waals surface area contributed by atoms with Crippen LogP contribution in [0.3, 0.4) is 0 Å². The lowest BCUT2D eigenvalue weighted by Crippen LogP contribution is -2.05. The van der Waals surface area contributed by atoms with E-state index in [1.165, 1.54) is 30.3 Å². The summed E-state index contributed by atoms with van der Waals surface area (Å²) >= 11 is 0. The van der Waals surface area contributed by atoms with Crippen molar-refractivity contribution in [3.05, 3.63) is 50.8 Å². The number of non-ortho nitro benzene ring substituents is 1. The Morgan fingerprint density at radius 1 is 1.26 bits per heavy atom. The summed E-state index contributed by atoms with van der Waals surface area (Å²) in [6.45, 7) is 0. The highest BCUT2D eigenvalue weighted by Gasteiger charge is 2.13. The van der Waals surface area contributed by atoms with Crippen LogP contribution in [0.2, 0.25) is 0 Å². The van der Waals surface area contributed by atoms with Gasteiger partial charge in [0.25, 0.3) is 11.2 Å². The Morgan fingerprint density at radius 3 is 2.79 bits per heavy atom. The second kappa shape index (κ2) is 4.02. The van der Waals surface area contributed by atoms with Crippen LogP contribution in [-0.2, 0) is 0 Å². The van der Waals surface area contributed by atoms with E-state index in [1.807, 2.05) is 0 Å². The molecule has 3 aromatic rings. The van der Waals surface area contributed by atoms with Crippen molar-refractivity contribution in [3.8, 4) is 11.6 Å². The highest BCUT2D eigenvalue weighted by Crippen LogP contribution is 2.25. The molecule has 0 saturated carbocycles. The van der Waals surface area contributed by atoms with Gasteiger partial charge in [-0.15, -0.1) is 0 Å². The molecular formula is C11H6N4O4. The number of nitro benzene ring substituents is 1. The van der Waals surface area contributed by atoms with Crippen molar-refractivity contribution in [1.29, 1.82) is 0 Å². The van der Waals surface area contributed by atoms with Gasteiger partial charge in [0, 0.05) is 18.2 Å². The molecule has 8 heteroatoms. The number of hydrogen-bond donors (Lipinski definition) is 1. The Hall–Kier alpha value is -3.03. The molecule has 1 N–H and O–H groups in total. The molecule has 0 amide bonds. The first-order valence-corrected chi connectivity index (χ1v) is 5.24. The van der Waals surface area contributed by atoms with Crippen molar-refractivity contribution >= 4 is 16.8 Å². The van der Waals surface area contributed by atoms with Gasteiger partial charge in [0.1, 0.15) is 11.2 Å². The van der Waals surface area contributed by atoms with E-state index in [-0.39, 0.29) is 17.1 Å². The SMILES string of the molecule is O=c1ccc(-c2nc3cc([N+](=O)[O-])ccc3o2)n[nH]1. The van der Waals surface area contributed by atoms with Crippen LogP contribution in [0, 0.1) is 10.1 Å². The molecule has 19 heavy (non-hydrogen) atoms. The molecule has 8 nitrogen and oxygen atoms in total. The van der Waals surface area contributed by atoms with Crippen molar-refractivity contribution in [2.45, 2.75) is 0 Å². The molecule has 0 saturated heterocycles. The number of hydrogen-bond acceptors (Lipinski definition) is 6. The van der Waals surface area contributed by atoms with Crippen LogP contribution < -0.4 is 5.56 Å². The average Bonchev–Trinajstić information content (AvgIpc) is 2.82. The summed E-state index contributed by atoms with van der Waals surface area (Å²) in [5, 5.41) is 16.7. The molecule has 0 radical (unpaired) electrons. The fourth-order valence-corrected chi connectivity index (χ4v) is 1.60. The van der Waals surface area contributed by atoms with E-state index in [0.717, 1.165) is 0 Å². The van der Waals surface area contributed by atoms with Crippen LogP contribution in [0.1, 0.15) is 0 Å². The van der Waals surface area contributed by atoms with E-state index in [0.29, 0.717) is 16.8 Å². The number of oxazole rings is 1. The minimum absolute atomic E-state index is 0.0678. The van der Waals surface area contributed by atoms with Crippen molar-refractivity contribution in [1.82, 2.24) is 15.2 Å². The molecule has 0 aliphatic carbocycles. The number of aromatic amines is 1. The lowest BCUT2D eigenvalue weighted by atomic mass is 10.3. The summed E-state index contributed by atoms with van der Waals surface area (Å²) in [5.74, 6) is 0.187. The van der Waals surface area contributed by atoms with Gasteiger partial charge in [-0.2, -0.15) is 5.10 Å². The number of rotatable bonds is 2. The molecule has 1 aromatic carbocycles. The summed E-state index contributed by atoms with van der Waals surface area (Å²) in [6, 6.07) is 6.86. The topological polar surface area (TPSA) is 115 Å². The third kappa shape index (κ3) is 1.95. The maximum atomic E-state index is 10.9. The maximum Gasteiger partial charge on any atom is 0.271 e. The van der Waals surface area contributed by atoms with Crippen molar-refractivity contribution in [2.75, 3.05) is 0 Å². The predicted molar refractivity (Wildman–Crippen MR) is 64.5 cm³/mol. The number of nitrogens with zero attached hydrogens (tertiary/aromatic N) is 3. The minimum Gasteiger partial charge on any atom is -0.435 e. The zero-order chi connectivity index (χ0) is 13.4. The Kier molecular flexibility index (Phi) is 2.34. The highest BCUT2D eigenvalue weighted by atomic mass is 16.6. The molecule has 0 spiro atoms. The van der Waals surface area contributed by atoms with Crippen LogP contribution in [0.5, 0.6) is 0 Å². The molecule has 0 aliphatic heterocycles. The van der Waals surface area contributed by atoms with Gasteiger partial charge in [-0.05, 0) is 12.1 Å². The molecule has 0 fully saturated rings. The molecule has 0 atom stereocenters. The number of aromatic nitrogens is 3. The van der Waals surface area contributed by atoms with Crippen molar-refractivity contribution in [3.63, 3.8) is 0 Å². The average molecular weight is 258 g/mol. The van der Waals surface area contributed by atoms with Gasteiger partial charge in [0.05, 0.1) is 4.92 Å². The van der Waals surface area contributed by atoms with E-state index >= 15 is 0 Å². The maximum absolute atomic E-state index is 10.9. The number of benzene rings is 1. The third-order valence-corrected chi connectivity index (χ3v) is 2.48. The van der Waals surface area contributed by atoms with Crippen molar-refractivity contribution in [2.24, 2.45) is 0 Å². The molecule has 0 unspecified atom stereocenters. The van der Waals surface area contributed by atoms with Crippen LogP contribution in [-0.4, -0.2) is 20.1 Å². The normalized spacial score (nSPS) is 10.7. The van der Waals surface area contributed by atoms with Crippen LogP contribution in [0.25, 0.3) is 22.7 Å². The van der Waals surface area contributed by atoms with Gasteiger partial charge in [-0.25, -0.2) is 10.1 Å². The highest BCUT2D eigenvalue weighted by molar-refractivity contribution is 5.78. The molecule has 0 bridgehead atoms. The van der Waals surface area contributed by atoms with E-state index in [2.05, 4.69) is 15.2 Å². The smallest absolute Gasteiger partial charge is 0.271 e. The fraction of sp³-hybridized carbons (Fsp3) is 0. The minimum atomic E-state index is -0.508. The zero-order valence-electron chi connectivity index (χ0n) is 9.36. The Labute approximate surface area is 104 Å². The monoisotopic (exact) mass is 258 g/mol. The predicted octanol–water partition coefficient (Wildman–Crippen LogP) is 1.49. The first kappa shape index (κ1) is 11.1. The number of nitro groups is 1. The van der Waals surface area contributed by atoms with E-state index in [1.54, 1.807) is 0 Å². The first-order valence-electron chi connectivity index (χ1n) is 5.24. The van der Waals surface area contributed by atoms with Gasteiger partial charge in [0.15, 0.2) is 5.58 Å². The number of H-pyrrole nitrogens is 1. The van der Waals surface area contributed by atoms with Gasteiger partial charge in [-0.3, -0.25) is 14.9 Å². The first-order chi connectivity index (χ1) is 9.13. The molecule has 2 heterocycles. The molecule has 2 aromatic heterocycles. The quantitative estimate of drug-likeness (QED) is 0.550. The summed E-state index contributed by atoms with van der Waals surface area (Å²) in [6.07, 6.45) is 0. The summed E-state index contributed by atoms with van der Waals surface area (Å²) in [7, 11) is 0. The zero-order valence-corrected chi connectivity index (χ0v) is 9.36. The lowest BCUT2D eigenvalue weighted by molar-refractivity contribution is -0.384. The van der Waals surface area contributed by atoms with Crippen LogP contribution in [0.15, 0.2) is 39.5 Å². The van der Waals surface area contributed by atoms with E-state index < -0.39 is 4.92 Å². The number of fused-ring (bicyclic) bond motifs is 1. The summed E-state index contributed by atoms with van der Waals surface area (Å²) in [5.41, 5.74) is 0.710. The fourth-order valence-electron chi connectivity index (χ4n) is 1.60. The summed E-state index contributed by atoms with van der Waals surface area (Å²) in [4.78, 5) is 25.1. The second-order valence-corrected chi connectivity index (χ2v) is 3.73. The van der Waals surface area contributed by atoms with Gasteiger partial charge in [0.2, 0.25) is 5.89 Å². The van der Waals surface area contributed by atoms with Gasteiger partial charge < -0.3 is 4.42 Å². The molecule has 94 valence electrons. The van der Waals surface area contributed by atoms with E-state index in [9.17, 15) is 14.9 Å². The Morgan fingerprint density at radius 2 is 2.11 bits per heavy atom.